The zero-order valence-electron chi connectivity index (χ0n) is 13.1. The molecule has 1 aromatic carbocycles. The maximum Gasteiger partial charge on any atom is 0.341 e. The summed E-state index contributed by atoms with van der Waals surface area (Å²) in [6.07, 6.45) is 7.46. The van der Waals surface area contributed by atoms with E-state index in [1.165, 1.54) is 12.0 Å². The molecular formula is C18H19BrN2O2. The van der Waals surface area contributed by atoms with Gasteiger partial charge in [-0.2, -0.15) is 0 Å². The first-order chi connectivity index (χ1) is 11.1. The first kappa shape index (κ1) is 16.1. The summed E-state index contributed by atoms with van der Waals surface area (Å²) in [5, 5.41) is 0. The molecule has 0 unspecified atom stereocenters. The lowest BCUT2D eigenvalue weighted by molar-refractivity contribution is 0.0525. The molecule has 3 rings (SSSR count). The number of carbonyl (C=O) groups excluding carboxylic acids is 1. The molecule has 2 aromatic rings. The molecular weight excluding hydrogens is 356 g/mol. The lowest BCUT2D eigenvalue weighted by Crippen LogP contribution is -2.37. The number of esters is 1. The average Bonchev–Trinajstić information content (AvgIpc) is 2.53. The third-order valence-electron chi connectivity index (χ3n) is 4.48. The monoisotopic (exact) mass is 374 g/mol. The molecule has 120 valence electrons. The Hall–Kier alpha value is -1.75. The number of halogens is 1. The highest BCUT2D eigenvalue weighted by molar-refractivity contribution is 9.10. The SMILES string of the molecule is CCOC(=O)c1cnc(CC2(c3ccc(Br)cc3)CCC2)nc1. The van der Waals surface area contributed by atoms with Crippen molar-refractivity contribution in [1.82, 2.24) is 9.97 Å². The summed E-state index contributed by atoms with van der Waals surface area (Å²) in [5.41, 5.74) is 1.87. The van der Waals surface area contributed by atoms with Gasteiger partial charge in [0, 0.05) is 28.7 Å². The van der Waals surface area contributed by atoms with Crippen molar-refractivity contribution in [2.75, 3.05) is 6.61 Å². The minimum Gasteiger partial charge on any atom is -0.462 e. The van der Waals surface area contributed by atoms with Crippen molar-refractivity contribution in [2.24, 2.45) is 0 Å². The van der Waals surface area contributed by atoms with Gasteiger partial charge in [-0.25, -0.2) is 14.8 Å². The largest absolute Gasteiger partial charge is 0.462 e. The van der Waals surface area contributed by atoms with Crippen LogP contribution in [0, 0.1) is 0 Å². The molecule has 0 aliphatic heterocycles. The van der Waals surface area contributed by atoms with Crippen molar-refractivity contribution in [3.8, 4) is 0 Å². The topological polar surface area (TPSA) is 52.1 Å². The fourth-order valence-electron chi connectivity index (χ4n) is 3.04. The van der Waals surface area contributed by atoms with Crippen LogP contribution in [0.3, 0.4) is 0 Å². The lowest BCUT2D eigenvalue weighted by Gasteiger charge is -2.42. The molecule has 0 amide bonds. The van der Waals surface area contributed by atoms with Crippen molar-refractivity contribution < 1.29 is 9.53 Å². The summed E-state index contributed by atoms with van der Waals surface area (Å²) >= 11 is 3.48. The summed E-state index contributed by atoms with van der Waals surface area (Å²) in [7, 11) is 0. The molecule has 5 heteroatoms. The van der Waals surface area contributed by atoms with E-state index in [4.69, 9.17) is 4.74 Å². The highest BCUT2D eigenvalue weighted by Gasteiger charge is 2.39. The minimum absolute atomic E-state index is 0.131. The second-order valence-corrected chi connectivity index (χ2v) is 6.84. The Morgan fingerprint density at radius 3 is 2.39 bits per heavy atom. The van der Waals surface area contributed by atoms with Crippen molar-refractivity contribution in [1.29, 1.82) is 0 Å². The Labute approximate surface area is 144 Å². The second kappa shape index (κ2) is 6.79. The minimum atomic E-state index is -0.370. The molecule has 0 N–H and O–H groups in total. The molecule has 0 bridgehead atoms. The highest BCUT2D eigenvalue weighted by Crippen LogP contribution is 2.45. The normalized spacial score (nSPS) is 15.7. The third kappa shape index (κ3) is 3.44. The van der Waals surface area contributed by atoms with Crippen LogP contribution in [0.4, 0.5) is 0 Å². The standard InChI is InChI=1S/C18H19BrN2O2/c1-2-23-17(22)13-11-20-16(21-12-13)10-18(8-3-9-18)14-4-6-15(19)7-5-14/h4-7,11-12H,2-3,8-10H2,1H3. The van der Waals surface area contributed by atoms with Crippen LogP contribution >= 0.6 is 15.9 Å². The molecule has 4 nitrogen and oxygen atoms in total. The molecule has 0 atom stereocenters. The van der Waals surface area contributed by atoms with Crippen LogP contribution in [0.5, 0.6) is 0 Å². The van der Waals surface area contributed by atoms with E-state index in [2.05, 4.69) is 50.2 Å². The van der Waals surface area contributed by atoms with Crippen LogP contribution in [0.2, 0.25) is 0 Å². The maximum absolute atomic E-state index is 11.7. The molecule has 1 fully saturated rings. The highest BCUT2D eigenvalue weighted by atomic mass is 79.9. The summed E-state index contributed by atoms with van der Waals surface area (Å²) in [4.78, 5) is 20.4. The molecule has 1 saturated carbocycles. The van der Waals surface area contributed by atoms with Gasteiger partial charge in [-0.15, -0.1) is 0 Å². The van der Waals surface area contributed by atoms with Crippen molar-refractivity contribution >= 4 is 21.9 Å². The van der Waals surface area contributed by atoms with E-state index >= 15 is 0 Å². The molecule has 0 spiro atoms. The van der Waals surface area contributed by atoms with Gasteiger partial charge in [0.15, 0.2) is 0 Å². The Bertz CT molecular complexity index is 679. The predicted molar refractivity (Wildman–Crippen MR) is 91.4 cm³/mol. The Kier molecular flexibility index (Phi) is 4.76. The van der Waals surface area contributed by atoms with Crippen LogP contribution in [0.1, 0.15) is 47.9 Å². The number of rotatable bonds is 5. The molecule has 0 radical (unpaired) electrons. The van der Waals surface area contributed by atoms with Crippen LogP contribution in [0.15, 0.2) is 41.1 Å². The van der Waals surface area contributed by atoms with E-state index in [1.807, 2.05) is 0 Å². The van der Waals surface area contributed by atoms with Gasteiger partial charge < -0.3 is 4.74 Å². The van der Waals surface area contributed by atoms with E-state index in [0.29, 0.717) is 12.2 Å². The number of benzene rings is 1. The first-order valence-electron chi connectivity index (χ1n) is 7.87. The van der Waals surface area contributed by atoms with Gasteiger partial charge >= 0.3 is 5.97 Å². The van der Waals surface area contributed by atoms with Crippen LogP contribution < -0.4 is 0 Å². The smallest absolute Gasteiger partial charge is 0.341 e. The zero-order valence-corrected chi connectivity index (χ0v) is 14.7. The number of hydrogen-bond acceptors (Lipinski definition) is 4. The number of nitrogens with zero attached hydrogens (tertiary/aromatic N) is 2. The van der Waals surface area contributed by atoms with E-state index in [0.717, 1.165) is 29.6 Å². The molecule has 0 saturated heterocycles. The van der Waals surface area contributed by atoms with Crippen LogP contribution in [-0.2, 0) is 16.6 Å². The summed E-state index contributed by atoms with van der Waals surface area (Å²) in [6, 6.07) is 8.52. The zero-order chi connectivity index (χ0) is 16.3. The maximum atomic E-state index is 11.7. The average molecular weight is 375 g/mol. The molecule has 1 aromatic heterocycles. The number of hydrogen-bond donors (Lipinski definition) is 0. The molecule has 23 heavy (non-hydrogen) atoms. The van der Waals surface area contributed by atoms with Gasteiger partial charge in [-0.05, 0) is 37.5 Å². The van der Waals surface area contributed by atoms with Gasteiger partial charge in [0.1, 0.15) is 5.82 Å². The van der Waals surface area contributed by atoms with Gasteiger partial charge in [0.05, 0.1) is 12.2 Å². The Morgan fingerprint density at radius 1 is 1.22 bits per heavy atom. The molecule has 1 heterocycles. The van der Waals surface area contributed by atoms with Gasteiger partial charge in [-0.3, -0.25) is 0 Å². The Morgan fingerprint density at radius 2 is 1.87 bits per heavy atom. The van der Waals surface area contributed by atoms with Gasteiger partial charge in [0.2, 0.25) is 0 Å². The van der Waals surface area contributed by atoms with Crippen LogP contribution in [0.25, 0.3) is 0 Å². The summed E-state index contributed by atoms with van der Waals surface area (Å²) in [6.45, 7) is 2.14. The van der Waals surface area contributed by atoms with Gasteiger partial charge in [0.25, 0.3) is 0 Å². The van der Waals surface area contributed by atoms with E-state index in [-0.39, 0.29) is 11.4 Å². The van der Waals surface area contributed by atoms with Crippen LogP contribution in [-0.4, -0.2) is 22.5 Å². The molecule has 1 aliphatic carbocycles. The van der Waals surface area contributed by atoms with Crippen molar-refractivity contribution in [2.45, 2.75) is 38.0 Å². The Balaban J connectivity index is 1.77. The summed E-state index contributed by atoms with van der Waals surface area (Å²) < 4.78 is 6.05. The fourth-order valence-corrected chi connectivity index (χ4v) is 3.31. The van der Waals surface area contributed by atoms with Crippen molar-refractivity contribution in [3.63, 3.8) is 0 Å². The summed E-state index contributed by atoms with van der Waals surface area (Å²) in [5.74, 6) is 0.408. The second-order valence-electron chi connectivity index (χ2n) is 5.93. The fraction of sp³-hybridized carbons (Fsp3) is 0.389. The van der Waals surface area contributed by atoms with Crippen molar-refractivity contribution in [3.05, 3.63) is 58.1 Å². The lowest BCUT2D eigenvalue weighted by atomic mass is 9.62. The molecule has 1 aliphatic rings. The number of carbonyl (C=O) groups is 1. The first-order valence-corrected chi connectivity index (χ1v) is 8.66. The number of aromatic nitrogens is 2. The third-order valence-corrected chi connectivity index (χ3v) is 5.01. The quantitative estimate of drug-likeness (QED) is 0.739. The number of ether oxygens (including phenoxy) is 1. The van der Waals surface area contributed by atoms with E-state index in [1.54, 1.807) is 19.3 Å². The predicted octanol–water partition coefficient (Wildman–Crippen LogP) is 4.08. The van der Waals surface area contributed by atoms with E-state index < -0.39 is 0 Å². The van der Waals surface area contributed by atoms with Gasteiger partial charge in [-0.1, -0.05) is 34.5 Å². The van der Waals surface area contributed by atoms with E-state index in [9.17, 15) is 4.79 Å².